The second-order valence-electron chi connectivity index (χ2n) is 1.87. The van der Waals surface area contributed by atoms with Crippen molar-refractivity contribution in [2.45, 2.75) is 0 Å². The SMILES string of the molecule is C=C1/C=C\SC/C=C\N=C/1. The minimum atomic E-state index is 0.944. The average molecular weight is 151 g/mol. The zero-order valence-electron chi connectivity index (χ0n) is 5.66. The first kappa shape index (κ1) is 7.35. The van der Waals surface area contributed by atoms with Crippen molar-refractivity contribution in [3.63, 3.8) is 0 Å². The first-order valence-electron chi connectivity index (χ1n) is 3.05. The van der Waals surface area contributed by atoms with Gasteiger partial charge in [0.2, 0.25) is 0 Å². The van der Waals surface area contributed by atoms with Crippen LogP contribution in [-0.4, -0.2) is 12.0 Å². The molecule has 0 fully saturated rings. The largest absolute Gasteiger partial charge is 0.264 e. The molecule has 0 N–H and O–H groups in total. The van der Waals surface area contributed by atoms with E-state index in [4.69, 9.17) is 0 Å². The third kappa shape index (κ3) is 2.69. The van der Waals surface area contributed by atoms with Gasteiger partial charge in [0.25, 0.3) is 0 Å². The van der Waals surface area contributed by atoms with Crippen LogP contribution in [0.2, 0.25) is 0 Å². The molecule has 52 valence electrons. The number of rotatable bonds is 0. The molecule has 1 rings (SSSR count). The minimum Gasteiger partial charge on any atom is -0.264 e. The van der Waals surface area contributed by atoms with Gasteiger partial charge in [0.1, 0.15) is 0 Å². The molecule has 1 nitrogen and oxygen atoms in total. The van der Waals surface area contributed by atoms with Crippen molar-refractivity contribution in [1.29, 1.82) is 0 Å². The van der Waals surface area contributed by atoms with E-state index in [1.807, 2.05) is 17.6 Å². The molecule has 0 bridgehead atoms. The smallest absolute Gasteiger partial charge is 0.0334 e. The summed E-state index contributed by atoms with van der Waals surface area (Å²) in [4.78, 5) is 4.00. The molecule has 1 heterocycles. The molecule has 0 atom stereocenters. The van der Waals surface area contributed by atoms with Crippen LogP contribution < -0.4 is 0 Å². The maximum atomic E-state index is 4.00. The predicted molar refractivity (Wildman–Crippen MR) is 48.4 cm³/mol. The van der Waals surface area contributed by atoms with Crippen molar-refractivity contribution < 1.29 is 0 Å². The average Bonchev–Trinajstić information content (AvgIpc) is 2.02. The third-order valence-corrected chi connectivity index (χ3v) is 1.72. The van der Waals surface area contributed by atoms with Crippen molar-refractivity contribution in [2.75, 3.05) is 5.75 Å². The quantitative estimate of drug-likeness (QED) is 0.518. The molecule has 0 unspecified atom stereocenters. The summed E-state index contributed by atoms with van der Waals surface area (Å²) in [6, 6.07) is 0. The van der Waals surface area contributed by atoms with Crippen LogP contribution >= 0.6 is 11.8 Å². The summed E-state index contributed by atoms with van der Waals surface area (Å²) in [5, 5.41) is 2.03. The molecule has 0 aromatic rings. The van der Waals surface area contributed by atoms with Gasteiger partial charge in [-0.1, -0.05) is 12.7 Å². The molecule has 0 saturated carbocycles. The highest BCUT2D eigenvalue weighted by Gasteiger charge is 1.82. The number of hydrogen-bond donors (Lipinski definition) is 0. The Kier molecular flexibility index (Phi) is 3.03. The summed E-state index contributed by atoms with van der Waals surface area (Å²) in [6.07, 6.45) is 7.52. The van der Waals surface area contributed by atoms with E-state index in [0.29, 0.717) is 0 Å². The van der Waals surface area contributed by atoms with E-state index in [1.165, 1.54) is 0 Å². The minimum absolute atomic E-state index is 0.944. The standard InChI is InChI=1S/C8H9NS/c1-8-3-6-10-5-2-4-9-7-8/h2-4,6-7H,1,5H2/b4-2-,6-3-,9-7-. The number of allylic oxidation sites excluding steroid dienone is 2. The lowest BCUT2D eigenvalue weighted by Crippen LogP contribution is -1.72. The Labute approximate surface area is 65.2 Å². The number of thioether (sulfide) groups is 1. The summed E-state index contributed by atoms with van der Waals surface area (Å²) in [6.45, 7) is 3.77. The van der Waals surface area contributed by atoms with Crippen molar-refractivity contribution in [1.82, 2.24) is 0 Å². The van der Waals surface area contributed by atoms with Crippen LogP contribution in [-0.2, 0) is 0 Å². The lowest BCUT2D eigenvalue weighted by atomic mass is 10.3. The molecular formula is C8H9NS. The fourth-order valence-electron chi connectivity index (χ4n) is 0.532. The molecule has 10 heavy (non-hydrogen) atoms. The molecule has 0 spiro atoms. The molecular weight excluding hydrogens is 142 g/mol. The monoisotopic (exact) mass is 151 g/mol. The van der Waals surface area contributed by atoms with E-state index in [9.17, 15) is 0 Å². The molecule has 1 aliphatic heterocycles. The fraction of sp³-hybridized carbons (Fsp3) is 0.125. The van der Waals surface area contributed by atoms with Crippen molar-refractivity contribution in [2.24, 2.45) is 4.99 Å². The second kappa shape index (κ2) is 4.12. The Bertz CT molecular complexity index is 201. The van der Waals surface area contributed by atoms with Gasteiger partial charge < -0.3 is 0 Å². The van der Waals surface area contributed by atoms with Crippen LogP contribution in [0, 0.1) is 0 Å². The van der Waals surface area contributed by atoms with Gasteiger partial charge in [-0.05, 0) is 17.1 Å². The second-order valence-corrected chi connectivity index (χ2v) is 2.81. The Hall–Kier alpha value is -0.760. The molecule has 0 aliphatic carbocycles. The van der Waals surface area contributed by atoms with Crippen LogP contribution in [0.15, 0.2) is 40.9 Å². The molecule has 0 amide bonds. The summed E-state index contributed by atoms with van der Waals surface area (Å²) in [5.74, 6) is 0.987. The van der Waals surface area contributed by atoms with Crippen molar-refractivity contribution in [3.05, 3.63) is 35.9 Å². The van der Waals surface area contributed by atoms with Crippen molar-refractivity contribution >= 4 is 18.0 Å². The molecule has 1 aliphatic rings. The van der Waals surface area contributed by atoms with Crippen LogP contribution in [0.3, 0.4) is 0 Å². The van der Waals surface area contributed by atoms with Crippen LogP contribution in [0.1, 0.15) is 0 Å². The van der Waals surface area contributed by atoms with Gasteiger partial charge >= 0.3 is 0 Å². The molecule has 0 radical (unpaired) electrons. The summed E-state index contributed by atoms with van der Waals surface area (Å²) in [7, 11) is 0. The summed E-state index contributed by atoms with van der Waals surface area (Å²) >= 11 is 1.74. The van der Waals surface area contributed by atoms with E-state index in [2.05, 4.69) is 11.6 Å². The highest BCUT2D eigenvalue weighted by molar-refractivity contribution is 8.02. The fourth-order valence-corrected chi connectivity index (χ4v) is 1.11. The van der Waals surface area contributed by atoms with Gasteiger partial charge in [-0.3, -0.25) is 4.99 Å². The normalized spacial score (nSPS) is 27.8. The summed E-state index contributed by atoms with van der Waals surface area (Å²) in [5.41, 5.74) is 0.944. The van der Waals surface area contributed by atoms with Gasteiger partial charge in [0.15, 0.2) is 0 Å². The van der Waals surface area contributed by atoms with E-state index in [-0.39, 0.29) is 0 Å². The van der Waals surface area contributed by atoms with E-state index in [1.54, 1.807) is 24.2 Å². The highest BCUT2D eigenvalue weighted by Crippen LogP contribution is 2.05. The van der Waals surface area contributed by atoms with Gasteiger partial charge in [0.05, 0.1) is 0 Å². The predicted octanol–water partition coefficient (Wildman–Crippen LogP) is 2.39. The van der Waals surface area contributed by atoms with Gasteiger partial charge in [0, 0.05) is 18.2 Å². The molecule has 0 aromatic heterocycles. The van der Waals surface area contributed by atoms with Crippen molar-refractivity contribution in [3.8, 4) is 0 Å². The molecule has 0 aromatic carbocycles. The molecule has 0 saturated heterocycles. The highest BCUT2D eigenvalue weighted by atomic mass is 32.2. The Balaban J connectivity index is 2.64. The van der Waals surface area contributed by atoms with E-state index < -0.39 is 0 Å². The first-order chi connectivity index (χ1) is 4.89. The maximum absolute atomic E-state index is 4.00. The lowest BCUT2D eigenvalue weighted by molar-refractivity contribution is 1.55. The number of hydrogen-bond acceptors (Lipinski definition) is 2. The van der Waals surface area contributed by atoms with Crippen LogP contribution in [0.5, 0.6) is 0 Å². The topological polar surface area (TPSA) is 12.4 Å². The lowest BCUT2D eigenvalue weighted by Gasteiger charge is -1.84. The van der Waals surface area contributed by atoms with Gasteiger partial charge in [-0.15, -0.1) is 11.8 Å². The number of aliphatic imine (C=N–C) groups is 1. The van der Waals surface area contributed by atoms with E-state index in [0.717, 1.165) is 11.3 Å². The molecule has 2 heteroatoms. The number of nitrogens with zero attached hydrogens (tertiary/aromatic N) is 1. The van der Waals surface area contributed by atoms with Gasteiger partial charge in [-0.2, -0.15) is 0 Å². The maximum Gasteiger partial charge on any atom is 0.0334 e. The van der Waals surface area contributed by atoms with Crippen LogP contribution in [0.25, 0.3) is 0 Å². The Morgan fingerprint density at radius 1 is 1.60 bits per heavy atom. The van der Waals surface area contributed by atoms with Gasteiger partial charge in [-0.25, -0.2) is 0 Å². The van der Waals surface area contributed by atoms with Crippen LogP contribution in [0.4, 0.5) is 0 Å². The first-order valence-corrected chi connectivity index (χ1v) is 4.10. The Morgan fingerprint density at radius 3 is 3.40 bits per heavy atom. The zero-order valence-corrected chi connectivity index (χ0v) is 6.47. The zero-order chi connectivity index (χ0) is 7.23. The Morgan fingerprint density at radius 2 is 2.50 bits per heavy atom. The summed E-state index contributed by atoms with van der Waals surface area (Å²) < 4.78 is 0. The third-order valence-electron chi connectivity index (χ3n) is 1.00. The van der Waals surface area contributed by atoms with E-state index >= 15 is 0 Å².